The van der Waals surface area contributed by atoms with E-state index in [9.17, 15) is 5.26 Å². The van der Waals surface area contributed by atoms with Gasteiger partial charge in [0, 0.05) is 22.1 Å². The van der Waals surface area contributed by atoms with Crippen LogP contribution in [0.4, 0.5) is 0 Å². The highest BCUT2D eigenvalue weighted by atomic mass is 16.3. The van der Waals surface area contributed by atoms with Crippen molar-refractivity contribution >= 4 is 50.1 Å². The lowest BCUT2D eigenvalue weighted by Crippen LogP contribution is -2.04. The Hall–Kier alpha value is -6.57. The van der Waals surface area contributed by atoms with Crippen LogP contribution in [0, 0.1) is 17.2 Å². The fraction of sp³-hybridized carbons (Fsp3) is 0.189. The van der Waals surface area contributed by atoms with E-state index in [1.165, 1.54) is 27.5 Å². The summed E-state index contributed by atoms with van der Waals surface area (Å²) in [5.41, 5.74) is 14.3. The first-order chi connectivity index (χ1) is 28.0. The average Bonchev–Trinajstić information content (AvgIpc) is 3.66. The minimum atomic E-state index is 0.327. The van der Waals surface area contributed by atoms with Crippen LogP contribution in [-0.2, 0) is 6.42 Å². The summed E-state index contributed by atoms with van der Waals surface area (Å²) in [5, 5.41) is 13.1. The zero-order valence-corrected chi connectivity index (χ0v) is 32.6. The van der Waals surface area contributed by atoms with Crippen molar-refractivity contribution < 1.29 is 4.42 Å². The number of benzene rings is 4. The lowest BCUT2D eigenvalue weighted by Gasteiger charge is -2.17. The molecule has 4 heteroatoms. The molecule has 0 fully saturated rings. The first-order valence-electron chi connectivity index (χ1n) is 20.3. The standard InChI is InChI=1S/C53H45N3O/c1-3-36(46-18-10-19-48-47-17-7-8-20-51(47)57-52(46)48)31-41(16-11-29-54)43-28-24-38-23-27-42(32-45(38)33-43)37-21-25-40(26-22-37)53-55-49(39-13-5-4-6-14-39)34-50(56-53)44-15-9-12-35(2)30-44/h5,8-10,12-16,18-28,31-35H,3-4,6-7,11,17,30H2,1-2H3/b36-31+,41-16+/t35-/m1/s1. The van der Waals surface area contributed by atoms with Gasteiger partial charge < -0.3 is 4.42 Å². The summed E-state index contributed by atoms with van der Waals surface area (Å²) in [4.78, 5) is 10.2. The molecule has 9 rings (SSSR count). The van der Waals surface area contributed by atoms with Crippen molar-refractivity contribution in [1.82, 2.24) is 9.97 Å². The fourth-order valence-electron chi connectivity index (χ4n) is 8.37. The second-order valence-corrected chi connectivity index (χ2v) is 15.3. The molecule has 3 aliphatic rings. The maximum atomic E-state index is 9.63. The first kappa shape index (κ1) is 36.1. The molecular weight excluding hydrogens is 695 g/mol. The molecular formula is C53H45N3O. The molecule has 4 aromatic carbocycles. The second kappa shape index (κ2) is 15.9. The number of para-hydroxylation sites is 1. The highest BCUT2D eigenvalue weighted by molar-refractivity contribution is 5.98. The predicted octanol–water partition coefficient (Wildman–Crippen LogP) is 14.2. The predicted molar refractivity (Wildman–Crippen MR) is 238 cm³/mol. The maximum Gasteiger partial charge on any atom is 0.160 e. The number of hydrogen-bond donors (Lipinski definition) is 0. The van der Waals surface area contributed by atoms with Gasteiger partial charge in [-0.05, 0) is 118 Å². The monoisotopic (exact) mass is 739 g/mol. The summed E-state index contributed by atoms with van der Waals surface area (Å²) in [7, 11) is 0. The molecule has 0 amide bonds. The van der Waals surface area contributed by atoms with Gasteiger partial charge in [0.2, 0.25) is 0 Å². The number of nitriles is 1. The van der Waals surface area contributed by atoms with Crippen LogP contribution in [0.25, 0.3) is 72.6 Å². The van der Waals surface area contributed by atoms with E-state index in [1.54, 1.807) is 0 Å². The number of aryl methyl sites for hydroxylation is 1. The Labute approximate surface area is 335 Å². The molecule has 278 valence electrons. The maximum absolute atomic E-state index is 9.63. The lowest BCUT2D eigenvalue weighted by molar-refractivity contribution is 0.594. The van der Waals surface area contributed by atoms with Gasteiger partial charge in [-0.3, -0.25) is 0 Å². The van der Waals surface area contributed by atoms with E-state index < -0.39 is 0 Å². The number of nitrogens with zero attached hydrogens (tertiary/aromatic N) is 3. The van der Waals surface area contributed by atoms with Crippen molar-refractivity contribution in [3.05, 3.63) is 173 Å². The zero-order chi connectivity index (χ0) is 38.7. The molecule has 0 N–H and O–H groups in total. The summed E-state index contributed by atoms with van der Waals surface area (Å²) in [5.74, 6) is 2.20. The van der Waals surface area contributed by atoms with Gasteiger partial charge in [0.15, 0.2) is 5.82 Å². The third-order valence-corrected chi connectivity index (χ3v) is 11.4. The Balaban J connectivity index is 1.04. The Morgan fingerprint density at radius 3 is 2.51 bits per heavy atom. The molecule has 6 aromatic rings. The minimum absolute atomic E-state index is 0.327. The largest absolute Gasteiger partial charge is 0.456 e. The second-order valence-electron chi connectivity index (χ2n) is 15.3. The highest BCUT2D eigenvalue weighted by Crippen LogP contribution is 2.38. The molecule has 2 heterocycles. The number of fused-ring (bicyclic) bond motifs is 4. The Morgan fingerprint density at radius 1 is 0.860 bits per heavy atom. The molecule has 57 heavy (non-hydrogen) atoms. The van der Waals surface area contributed by atoms with Gasteiger partial charge in [-0.15, -0.1) is 0 Å². The SMILES string of the molecule is CC/C(=C\C(=C/CC#N)c1ccc2ccc(-c3ccc(-c4nc(C5=CCCC=C5)cc(C5=CC=C[C@@H](C)C5)n4)cc3)cc2c1)c1cccc2c3c(oc12)C=CCC3. The van der Waals surface area contributed by atoms with E-state index >= 15 is 0 Å². The van der Waals surface area contributed by atoms with Crippen molar-refractivity contribution in [3.63, 3.8) is 0 Å². The molecule has 4 nitrogen and oxygen atoms in total. The average molecular weight is 740 g/mol. The topological polar surface area (TPSA) is 62.7 Å². The molecule has 0 aliphatic heterocycles. The lowest BCUT2D eigenvalue weighted by atomic mass is 9.92. The zero-order valence-electron chi connectivity index (χ0n) is 32.6. The Morgan fingerprint density at radius 2 is 1.68 bits per heavy atom. The minimum Gasteiger partial charge on any atom is -0.456 e. The van der Waals surface area contributed by atoms with Crippen molar-refractivity contribution in [2.45, 2.75) is 58.8 Å². The van der Waals surface area contributed by atoms with Gasteiger partial charge >= 0.3 is 0 Å². The van der Waals surface area contributed by atoms with E-state index in [0.29, 0.717) is 12.3 Å². The van der Waals surface area contributed by atoms with Crippen molar-refractivity contribution in [1.29, 1.82) is 5.26 Å². The van der Waals surface area contributed by atoms with Crippen LogP contribution in [0.15, 0.2) is 144 Å². The van der Waals surface area contributed by atoms with Gasteiger partial charge in [-0.25, -0.2) is 9.97 Å². The molecule has 0 unspecified atom stereocenters. The van der Waals surface area contributed by atoms with Crippen LogP contribution >= 0.6 is 0 Å². The summed E-state index contributed by atoms with van der Waals surface area (Å²) in [6, 6.07) is 32.9. The summed E-state index contributed by atoms with van der Waals surface area (Å²) in [6.45, 7) is 4.44. The normalized spacial score (nSPS) is 16.8. The van der Waals surface area contributed by atoms with Crippen molar-refractivity contribution in [3.8, 4) is 28.6 Å². The molecule has 0 saturated heterocycles. The van der Waals surface area contributed by atoms with Crippen LogP contribution < -0.4 is 0 Å². The first-order valence-corrected chi connectivity index (χ1v) is 20.3. The van der Waals surface area contributed by atoms with Crippen LogP contribution in [0.2, 0.25) is 0 Å². The van der Waals surface area contributed by atoms with Crippen LogP contribution in [-0.4, -0.2) is 9.97 Å². The molecule has 2 aromatic heterocycles. The quantitative estimate of drug-likeness (QED) is 0.139. The molecule has 0 spiro atoms. The van der Waals surface area contributed by atoms with E-state index in [2.05, 4.69) is 160 Å². The van der Waals surface area contributed by atoms with Gasteiger partial charge in [0.05, 0.1) is 23.9 Å². The Kier molecular flexibility index (Phi) is 10.1. The van der Waals surface area contributed by atoms with Gasteiger partial charge in [-0.1, -0.05) is 135 Å². The van der Waals surface area contributed by atoms with Crippen molar-refractivity contribution in [2.75, 3.05) is 0 Å². The van der Waals surface area contributed by atoms with Gasteiger partial charge in [-0.2, -0.15) is 5.26 Å². The molecule has 0 bridgehead atoms. The van der Waals surface area contributed by atoms with Crippen LogP contribution in [0.1, 0.15) is 86.2 Å². The summed E-state index contributed by atoms with van der Waals surface area (Å²) >= 11 is 0. The number of hydrogen-bond acceptors (Lipinski definition) is 4. The smallest absolute Gasteiger partial charge is 0.160 e. The van der Waals surface area contributed by atoms with Gasteiger partial charge in [0.1, 0.15) is 11.3 Å². The number of furan rings is 1. The van der Waals surface area contributed by atoms with Crippen molar-refractivity contribution in [2.24, 2.45) is 5.92 Å². The van der Waals surface area contributed by atoms with Crippen LogP contribution in [0.5, 0.6) is 0 Å². The molecule has 1 atom stereocenters. The number of rotatable bonds is 9. The molecule has 0 saturated carbocycles. The van der Waals surface area contributed by atoms with E-state index in [-0.39, 0.29) is 0 Å². The van der Waals surface area contributed by atoms with E-state index in [0.717, 1.165) is 111 Å². The molecule has 3 aliphatic carbocycles. The number of allylic oxidation sites excluding steroid dienone is 13. The van der Waals surface area contributed by atoms with Crippen LogP contribution in [0.3, 0.4) is 0 Å². The third-order valence-electron chi connectivity index (χ3n) is 11.4. The van der Waals surface area contributed by atoms with E-state index in [1.807, 2.05) is 6.08 Å². The number of aromatic nitrogens is 2. The Bertz CT molecular complexity index is 2790. The third kappa shape index (κ3) is 7.42. The van der Waals surface area contributed by atoms with E-state index in [4.69, 9.17) is 14.4 Å². The summed E-state index contributed by atoms with van der Waals surface area (Å²) in [6.07, 6.45) is 28.2. The summed E-state index contributed by atoms with van der Waals surface area (Å²) < 4.78 is 6.47. The van der Waals surface area contributed by atoms with Gasteiger partial charge in [0.25, 0.3) is 0 Å². The highest BCUT2D eigenvalue weighted by Gasteiger charge is 2.19. The molecule has 0 radical (unpaired) electrons. The fourth-order valence-corrected chi connectivity index (χ4v) is 8.37.